The van der Waals surface area contributed by atoms with E-state index in [0.29, 0.717) is 15.8 Å². The fourth-order valence-electron chi connectivity index (χ4n) is 2.70. The summed E-state index contributed by atoms with van der Waals surface area (Å²) in [6, 6.07) is 23.8. The number of halogens is 1. The lowest BCUT2D eigenvalue weighted by molar-refractivity contribution is 0.601. The minimum Gasteiger partial charge on any atom is -0.255 e. The van der Waals surface area contributed by atoms with E-state index in [9.17, 15) is 8.42 Å². The lowest BCUT2D eigenvalue weighted by Gasteiger charge is -2.07. The van der Waals surface area contributed by atoms with Gasteiger partial charge in [-0.25, -0.2) is 13.4 Å². The molecule has 0 aliphatic carbocycles. The lowest BCUT2D eigenvalue weighted by Crippen LogP contribution is -2.12. The number of aromatic nitrogens is 1. The quantitative estimate of drug-likeness (QED) is 0.430. The summed E-state index contributed by atoms with van der Waals surface area (Å²) in [6.45, 7) is 0. The third-order valence-corrected chi connectivity index (χ3v) is 6.63. The summed E-state index contributed by atoms with van der Waals surface area (Å²) in [5.41, 5.74) is 3.56. The van der Waals surface area contributed by atoms with Gasteiger partial charge in [-0.2, -0.15) is 0 Å². The van der Waals surface area contributed by atoms with Gasteiger partial charge >= 0.3 is 0 Å². The van der Waals surface area contributed by atoms with Gasteiger partial charge in [0.05, 0.1) is 10.6 Å². The molecule has 0 unspecified atom stereocenters. The molecule has 0 spiro atoms. The van der Waals surface area contributed by atoms with Crippen LogP contribution in [0.5, 0.6) is 0 Å². The van der Waals surface area contributed by atoms with Gasteiger partial charge in [-0.15, -0.1) is 11.3 Å². The van der Waals surface area contributed by atoms with Gasteiger partial charge in [0.2, 0.25) is 0 Å². The molecule has 1 aromatic heterocycles. The van der Waals surface area contributed by atoms with Gasteiger partial charge in [-0.05, 0) is 35.4 Å². The zero-order valence-corrected chi connectivity index (χ0v) is 16.9. The first kappa shape index (κ1) is 18.7. The van der Waals surface area contributed by atoms with Crippen LogP contribution in [0.3, 0.4) is 0 Å². The third-order valence-electron chi connectivity index (χ3n) is 4.14. The Balaban J connectivity index is 1.54. The molecule has 0 bridgehead atoms. The molecule has 0 amide bonds. The van der Waals surface area contributed by atoms with E-state index in [4.69, 9.17) is 11.6 Å². The molecule has 140 valence electrons. The molecule has 28 heavy (non-hydrogen) atoms. The van der Waals surface area contributed by atoms with Crippen LogP contribution in [0.4, 0.5) is 5.13 Å². The van der Waals surface area contributed by atoms with Crippen LogP contribution in [0.2, 0.25) is 5.02 Å². The van der Waals surface area contributed by atoms with E-state index < -0.39 is 10.0 Å². The molecular weight excluding hydrogens is 412 g/mol. The smallest absolute Gasteiger partial charge is 0.255 e. The maximum atomic E-state index is 12.7. The normalized spacial score (nSPS) is 11.3. The first-order valence-corrected chi connectivity index (χ1v) is 11.2. The molecule has 4 aromatic rings. The summed E-state index contributed by atoms with van der Waals surface area (Å²) in [4.78, 5) is 4.56. The Hall–Kier alpha value is -2.67. The van der Waals surface area contributed by atoms with Crippen molar-refractivity contribution in [2.75, 3.05) is 4.72 Å². The molecule has 0 saturated heterocycles. The second-order valence-electron chi connectivity index (χ2n) is 6.04. The van der Waals surface area contributed by atoms with Crippen LogP contribution in [0.15, 0.2) is 89.1 Å². The van der Waals surface area contributed by atoms with Crippen molar-refractivity contribution in [3.8, 4) is 22.4 Å². The first-order chi connectivity index (χ1) is 13.5. The summed E-state index contributed by atoms with van der Waals surface area (Å²) >= 11 is 7.14. The molecule has 1 heterocycles. The van der Waals surface area contributed by atoms with Crippen LogP contribution in [0, 0.1) is 0 Å². The zero-order valence-electron chi connectivity index (χ0n) is 14.5. The van der Waals surface area contributed by atoms with Crippen molar-refractivity contribution in [3.63, 3.8) is 0 Å². The van der Waals surface area contributed by atoms with E-state index in [1.54, 1.807) is 41.8 Å². The summed E-state index contributed by atoms with van der Waals surface area (Å²) in [6.07, 6.45) is 0. The average molecular weight is 427 g/mol. The number of hydrogen-bond acceptors (Lipinski definition) is 4. The number of sulfonamides is 1. The van der Waals surface area contributed by atoms with E-state index in [0.717, 1.165) is 16.7 Å². The Morgan fingerprint density at radius 1 is 0.786 bits per heavy atom. The predicted molar refractivity (Wildman–Crippen MR) is 115 cm³/mol. The molecule has 0 saturated carbocycles. The number of anilines is 1. The first-order valence-electron chi connectivity index (χ1n) is 8.41. The molecule has 0 atom stereocenters. The van der Waals surface area contributed by atoms with Gasteiger partial charge in [-0.1, -0.05) is 66.2 Å². The van der Waals surface area contributed by atoms with Crippen LogP contribution in [0.25, 0.3) is 22.4 Å². The Kier molecular flexibility index (Phi) is 5.17. The predicted octanol–water partition coefficient (Wildman–Crippen LogP) is 5.93. The van der Waals surface area contributed by atoms with Gasteiger partial charge in [0, 0.05) is 16.0 Å². The Morgan fingerprint density at radius 3 is 2.07 bits per heavy atom. The van der Waals surface area contributed by atoms with Gasteiger partial charge in [0.15, 0.2) is 5.13 Å². The highest BCUT2D eigenvalue weighted by molar-refractivity contribution is 7.93. The maximum Gasteiger partial charge on any atom is 0.263 e. The fourth-order valence-corrected chi connectivity index (χ4v) is 4.80. The number of nitrogens with one attached hydrogen (secondary N) is 1. The van der Waals surface area contributed by atoms with Crippen LogP contribution in [-0.4, -0.2) is 13.4 Å². The molecule has 0 aliphatic rings. The summed E-state index contributed by atoms with van der Waals surface area (Å²) in [5.74, 6) is 0. The standard InChI is InChI=1S/C21H15ClN2O2S2/c22-18-10-6-17(7-11-18)20-14-27-21(23-20)24-28(25,26)19-12-8-16(9-13-19)15-4-2-1-3-5-15/h1-14H,(H,23,24). The van der Waals surface area contributed by atoms with Crippen LogP contribution < -0.4 is 4.72 Å². The van der Waals surface area contributed by atoms with E-state index in [1.807, 2.05) is 42.5 Å². The van der Waals surface area contributed by atoms with Gasteiger partial charge in [0.1, 0.15) is 0 Å². The second kappa shape index (κ2) is 7.75. The molecule has 7 heteroatoms. The van der Waals surface area contributed by atoms with Crippen molar-refractivity contribution >= 4 is 38.1 Å². The largest absolute Gasteiger partial charge is 0.263 e. The van der Waals surface area contributed by atoms with Crippen LogP contribution in [-0.2, 0) is 10.0 Å². The Labute approximate surface area is 172 Å². The second-order valence-corrected chi connectivity index (χ2v) is 9.02. The van der Waals surface area contributed by atoms with Crippen molar-refractivity contribution in [3.05, 3.63) is 89.3 Å². The number of rotatable bonds is 5. The topological polar surface area (TPSA) is 59.1 Å². The van der Waals surface area contributed by atoms with Crippen LogP contribution in [0.1, 0.15) is 0 Å². The van der Waals surface area contributed by atoms with Crippen LogP contribution >= 0.6 is 22.9 Å². The van der Waals surface area contributed by atoms with Crippen molar-refractivity contribution < 1.29 is 8.42 Å². The van der Waals surface area contributed by atoms with Crippen molar-refractivity contribution in [1.82, 2.24) is 4.98 Å². The number of nitrogens with zero attached hydrogens (tertiary/aromatic N) is 1. The molecule has 0 aliphatic heterocycles. The minimum absolute atomic E-state index is 0.190. The monoisotopic (exact) mass is 426 g/mol. The lowest BCUT2D eigenvalue weighted by atomic mass is 10.1. The summed E-state index contributed by atoms with van der Waals surface area (Å²) < 4.78 is 27.9. The summed E-state index contributed by atoms with van der Waals surface area (Å²) in [7, 11) is -3.71. The van der Waals surface area contributed by atoms with E-state index in [1.165, 1.54) is 11.3 Å². The highest BCUT2D eigenvalue weighted by Gasteiger charge is 2.16. The Morgan fingerprint density at radius 2 is 1.39 bits per heavy atom. The number of thiazole rings is 1. The van der Waals surface area contributed by atoms with E-state index >= 15 is 0 Å². The van der Waals surface area contributed by atoms with E-state index in [-0.39, 0.29) is 4.90 Å². The number of hydrogen-bond donors (Lipinski definition) is 1. The molecule has 4 rings (SSSR count). The van der Waals surface area contributed by atoms with Gasteiger partial charge < -0.3 is 0 Å². The highest BCUT2D eigenvalue weighted by atomic mass is 35.5. The highest BCUT2D eigenvalue weighted by Crippen LogP contribution is 2.28. The molecule has 0 fully saturated rings. The zero-order chi connectivity index (χ0) is 19.6. The summed E-state index contributed by atoms with van der Waals surface area (Å²) in [5, 5.41) is 2.76. The van der Waals surface area contributed by atoms with Crippen molar-refractivity contribution in [2.45, 2.75) is 4.90 Å². The maximum absolute atomic E-state index is 12.7. The van der Waals surface area contributed by atoms with Gasteiger partial charge in [-0.3, -0.25) is 4.72 Å². The molecule has 0 radical (unpaired) electrons. The molecule has 3 aromatic carbocycles. The van der Waals surface area contributed by atoms with Crippen molar-refractivity contribution in [1.29, 1.82) is 0 Å². The average Bonchev–Trinajstić information content (AvgIpc) is 3.17. The van der Waals surface area contributed by atoms with Crippen molar-refractivity contribution in [2.24, 2.45) is 0 Å². The Bertz CT molecular complexity index is 1190. The SMILES string of the molecule is O=S(=O)(Nc1nc(-c2ccc(Cl)cc2)cs1)c1ccc(-c2ccccc2)cc1. The number of benzene rings is 3. The fraction of sp³-hybridized carbons (Fsp3) is 0. The van der Waals surface area contributed by atoms with E-state index in [2.05, 4.69) is 9.71 Å². The molecular formula is C21H15ClN2O2S2. The van der Waals surface area contributed by atoms with Gasteiger partial charge in [0.25, 0.3) is 10.0 Å². The molecule has 1 N–H and O–H groups in total. The molecule has 4 nitrogen and oxygen atoms in total. The minimum atomic E-state index is -3.71. The third kappa shape index (κ3) is 4.09.